The van der Waals surface area contributed by atoms with Gasteiger partial charge in [-0.2, -0.15) is 0 Å². The first kappa shape index (κ1) is 13.5. The molecule has 0 saturated carbocycles. The maximum atomic E-state index is 11.9. The average Bonchev–Trinajstić information content (AvgIpc) is 2.92. The monoisotopic (exact) mass is 325 g/mol. The normalized spacial score (nSPS) is 10.4. The minimum absolute atomic E-state index is 0.188. The Balaban J connectivity index is 2.26. The van der Waals surface area contributed by atoms with Crippen molar-refractivity contribution >= 4 is 21.9 Å². The van der Waals surface area contributed by atoms with Crippen molar-refractivity contribution in [2.75, 3.05) is 7.11 Å². The largest absolute Gasteiger partial charge is 0.465 e. The zero-order chi connectivity index (χ0) is 13.8. The van der Waals surface area contributed by atoms with Gasteiger partial charge in [-0.25, -0.2) is 9.78 Å². The molecule has 0 aliphatic heterocycles. The van der Waals surface area contributed by atoms with E-state index in [1.165, 1.54) is 23.9 Å². The van der Waals surface area contributed by atoms with E-state index < -0.39 is 5.97 Å². The number of nitrogens with one attached hydrogen (secondary N) is 1. The minimum Gasteiger partial charge on any atom is -0.465 e. The van der Waals surface area contributed by atoms with Crippen LogP contribution in [-0.4, -0.2) is 27.6 Å². The van der Waals surface area contributed by atoms with Gasteiger partial charge in [0, 0.05) is 31.1 Å². The van der Waals surface area contributed by atoms with Crippen molar-refractivity contribution < 1.29 is 9.53 Å². The van der Waals surface area contributed by atoms with Crippen LogP contribution < -0.4 is 5.56 Å². The molecule has 0 fully saturated rings. The van der Waals surface area contributed by atoms with Gasteiger partial charge >= 0.3 is 5.97 Å². The van der Waals surface area contributed by atoms with Crippen LogP contribution in [0.5, 0.6) is 0 Å². The fraction of sp³-hybridized carbons (Fsp3) is 0.250. The molecule has 0 atom stereocenters. The summed E-state index contributed by atoms with van der Waals surface area (Å²) in [5.41, 5.74) is 1.07. The third kappa shape index (κ3) is 3.11. The van der Waals surface area contributed by atoms with Gasteiger partial charge < -0.3 is 14.3 Å². The number of methoxy groups -OCH3 is 1. The summed E-state index contributed by atoms with van der Waals surface area (Å²) in [6.07, 6.45) is 5.40. The van der Waals surface area contributed by atoms with Crippen molar-refractivity contribution in [2.45, 2.75) is 13.0 Å². The second-order valence-corrected chi connectivity index (χ2v) is 4.75. The van der Waals surface area contributed by atoms with E-state index in [2.05, 4.69) is 30.6 Å². The van der Waals surface area contributed by atoms with Crippen molar-refractivity contribution in [1.29, 1.82) is 0 Å². The number of carbonyl (C=O) groups excluding carboxylic acids is 1. The van der Waals surface area contributed by atoms with E-state index in [4.69, 9.17) is 0 Å². The van der Waals surface area contributed by atoms with Crippen molar-refractivity contribution in [3.63, 3.8) is 0 Å². The number of aromatic amines is 1. The van der Waals surface area contributed by atoms with E-state index in [1.807, 2.05) is 0 Å². The Bertz CT molecular complexity index is 634. The number of rotatable bonds is 4. The van der Waals surface area contributed by atoms with Gasteiger partial charge in [0.05, 0.1) is 23.5 Å². The molecule has 0 radical (unpaired) electrons. The summed E-state index contributed by atoms with van der Waals surface area (Å²) in [6, 6.07) is 1.46. The Morgan fingerprint density at radius 2 is 2.37 bits per heavy atom. The van der Waals surface area contributed by atoms with E-state index in [0.717, 1.165) is 5.69 Å². The standard InChI is InChI=1S/C12H12BrN3O3/c1-19-12(18)8-4-10(13)11(17)16(6-8)3-2-9-5-14-7-15-9/h4-7H,2-3H2,1H3,(H,14,15). The molecular formula is C12H12BrN3O3. The molecule has 0 aliphatic carbocycles. The Labute approximate surface area is 117 Å². The van der Waals surface area contributed by atoms with Crippen molar-refractivity contribution in [3.05, 3.63) is 50.9 Å². The Morgan fingerprint density at radius 3 is 3.00 bits per heavy atom. The number of ether oxygens (including phenoxy) is 1. The van der Waals surface area contributed by atoms with Crippen LogP contribution in [0.2, 0.25) is 0 Å². The SMILES string of the molecule is COC(=O)c1cc(Br)c(=O)n(CCc2cnc[nH]2)c1. The van der Waals surface area contributed by atoms with Crippen LogP contribution in [0.4, 0.5) is 0 Å². The number of hydrogen-bond acceptors (Lipinski definition) is 4. The molecule has 1 N–H and O–H groups in total. The van der Waals surface area contributed by atoms with Gasteiger partial charge in [-0.1, -0.05) is 0 Å². The summed E-state index contributed by atoms with van der Waals surface area (Å²) < 4.78 is 6.45. The Hall–Kier alpha value is -1.89. The van der Waals surface area contributed by atoms with Crippen LogP contribution >= 0.6 is 15.9 Å². The predicted molar refractivity (Wildman–Crippen MR) is 72.0 cm³/mol. The van der Waals surface area contributed by atoms with E-state index in [1.54, 1.807) is 12.5 Å². The molecule has 0 spiro atoms. The first-order valence-corrected chi connectivity index (χ1v) is 6.36. The van der Waals surface area contributed by atoms with E-state index in [-0.39, 0.29) is 5.56 Å². The molecule has 0 unspecified atom stereocenters. The molecular weight excluding hydrogens is 314 g/mol. The fourth-order valence-electron chi connectivity index (χ4n) is 1.66. The summed E-state index contributed by atoms with van der Waals surface area (Å²) >= 11 is 3.15. The Morgan fingerprint density at radius 1 is 1.58 bits per heavy atom. The lowest BCUT2D eigenvalue weighted by Gasteiger charge is -2.08. The average molecular weight is 326 g/mol. The number of pyridine rings is 1. The first-order valence-electron chi connectivity index (χ1n) is 5.57. The quantitative estimate of drug-likeness (QED) is 0.861. The molecule has 2 aromatic heterocycles. The highest BCUT2D eigenvalue weighted by Gasteiger charge is 2.11. The Kier molecular flexibility index (Phi) is 4.16. The number of halogens is 1. The highest BCUT2D eigenvalue weighted by atomic mass is 79.9. The molecule has 2 heterocycles. The maximum absolute atomic E-state index is 11.9. The van der Waals surface area contributed by atoms with Crippen molar-refractivity contribution in [3.8, 4) is 0 Å². The van der Waals surface area contributed by atoms with Crippen LogP contribution in [0.25, 0.3) is 0 Å². The summed E-state index contributed by atoms with van der Waals surface area (Å²) in [6.45, 7) is 0.449. The van der Waals surface area contributed by atoms with Crippen LogP contribution in [-0.2, 0) is 17.7 Å². The van der Waals surface area contributed by atoms with Gasteiger partial charge in [0.2, 0.25) is 0 Å². The molecule has 6 nitrogen and oxygen atoms in total. The summed E-state index contributed by atoms with van der Waals surface area (Å²) in [5, 5.41) is 0. The second-order valence-electron chi connectivity index (χ2n) is 3.89. The van der Waals surface area contributed by atoms with E-state index >= 15 is 0 Å². The molecule has 2 aromatic rings. The molecule has 0 bridgehead atoms. The lowest BCUT2D eigenvalue weighted by molar-refractivity contribution is 0.0599. The molecule has 0 amide bonds. The highest BCUT2D eigenvalue weighted by Crippen LogP contribution is 2.09. The maximum Gasteiger partial charge on any atom is 0.339 e. The molecule has 0 aliphatic rings. The molecule has 19 heavy (non-hydrogen) atoms. The summed E-state index contributed by atoms with van der Waals surface area (Å²) in [7, 11) is 1.30. The first-order chi connectivity index (χ1) is 9.11. The van der Waals surface area contributed by atoms with Gasteiger partial charge in [0.1, 0.15) is 0 Å². The third-order valence-corrected chi connectivity index (χ3v) is 3.21. The lowest BCUT2D eigenvalue weighted by atomic mass is 10.2. The topological polar surface area (TPSA) is 77.0 Å². The number of aromatic nitrogens is 3. The number of H-pyrrole nitrogens is 1. The summed E-state index contributed by atoms with van der Waals surface area (Å²) in [4.78, 5) is 30.3. The number of aryl methyl sites for hydroxylation is 2. The molecule has 0 saturated heterocycles. The highest BCUT2D eigenvalue weighted by molar-refractivity contribution is 9.10. The predicted octanol–water partition coefficient (Wildman–Crippen LogP) is 1.36. The number of esters is 1. The van der Waals surface area contributed by atoms with E-state index in [0.29, 0.717) is 23.0 Å². The smallest absolute Gasteiger partial charge is 0.339 e. The number of nitrogens with zero attached hydrogens (tertiary/aromatic N) is 2. The van der Waals surface area contributed by atoms with Crippen molar-refractivity contribution in [2.24, 2.45) is 0 Å². The minimum atomic E-state index is -0.476. The van der Waals surface area contributed by atoms with Crippen LogP contribution in [0.3, 0.4) is 0 Å². The van der Waals surface area contributed by atoms with Gasteiger partial charge in [-0.3, -0.25) is 4.79 Å². The van der Waals surface area contributed by atoms with Crippen molar-refractivity contribution in [1.82, 2.24) is 14.5 Å². The lowest BCUT2D eigenvalue weighted by Crippen LogP contribution is -2.23. The summed E-state index contributed by atoms with van der Waals surface area (Å²) in [5.74, 6) is -0.476. The second kappa shape index (κ2) is 5.83. The van der Waals surface area contributed by atoms with E-state index in [9.17, 15) is 9.59 Å². The zero-order valence-electron chi connectivity index (χ0n) is 10.2. The van der Waals surface area contributed by atoms with Crippen LogP contribution in [0, 0.1) is 0 Å². The van der Waals surface area contributed by atoms with Crippen LogP contribution in [0.15, 0.2) is 34.1 Å². The van der Waals surface area contributed by atoms with Gasteiger partial charge in [-0.15, -0.1) is 0 Å². The van der Waals surface area contributed by atoms with Gasteiger partial charge in [0.25, 0.3) is 5.56 Å². The number of imidazole rings is 1. The molecule has 2 rings (SSSR count). The fourth-order valence-corrected chi connectivity index (χ4v) is 2.13. The molecule has 0 aromatic carbocycles. The van der Waals surface area contributed by atoms with Gasteiger partial charge in [0.15, 0.2) is 0 Å². The third-order valence-electron chi connectivity index (χ3n) is 2.64. The molecule has 100 valence electrons. The number of carbonyl (C=O) groups is 1. The van der Waals surface area contributed by atoms with Crippen LogP contribution in [0.1, 0.15) is 16.1 Å². The zero-order valence-corrected chi connectivity index (χ0v) is 11.8. The number of hydrogen-bond donors (Lipinski definition) is 1. The van der Waals surface area contributed by atoms with Gasteiger partial charge in [-0.05, 0) is 22.0 Å². The molecule has 7 heteroatoms.